The molecule has 1 aliphatic carbocycles. The van der Waals surface area contributed by atoms with Crippen LogP contribution in [0.2, 0.25) is 0 Å². The zero-order chi connectivity index (χ0) is 30.3. The predicted molar refractivity (Wildman–Crippen MR) is 153 cm³/mol. The highest BCUT2D eigenvalue weighted by Crippen LogP contribution is 2.50. The first kappa shape index (κ1) is 30.7. The number of allylic oxidation sites excluding steroid dienone is 5. The lowest BCUT2D eigenvalue weighted by Crippen LogP contribution is -2.39. The average Bonchev–Trinajstić information content (AvgIpc) is 2.85. The molecule has 0 bridgehead atoms. The quantitative estimate of drug-likeness (QED) is 0.152. The average molecular weight is 553 g/mol. The third-order valence-electron chi connectivity index (χ3n) is 7.41. The fourth-order valence-electron chi connectivity index (χ4n) is 4.95. The van der Waals surface area contributed by atoms with Crippen LogP contribution in [0.4, 0.5) is 0 Å². The van der Waals surface area contributed by atoms with Gasteiger partial charge in [0, 0.05) is 29.9 Å². The minimum Gasteiger partial charge on any atom is -0.511 e. The molecule has 0 aromatic heterocycles. The molecule has 0 spiro atoms. The first-order valence-electron chi connectivity index (χ1n) is 13.6. The van der Waals surface area contributed by atoms with E-state index < -0.39 is 62.9 Å². The van der Waals surface area contributed by atoms with Gasteiger partial charge in [-0.2, -0.15) is 0 Å². The van der Waals surface area contributed by atoms with Gasteiger partial charge in [0.25, 0.3) is 0 Å². The lowest BCUT2D eigenvalue weighted by molar-refractivity contribution is -0.128. The van der Waals surface area contributed by atoms with Gasteiger partial charge in [-0.25, -0.2) is 0 Å². The molecule has 0 amide bonds. The van der Waals surface area contributed by atoms with E-state index in [0.717, 1.165) is 5.57 Å². The maximum Gasteiger partial charge on any atom is 0.183 e. The van der Waals surface area contributed by atoms with Crippen LogP contribution in [0.5, 0.6) is 17.2 Å². The molecule has 1 unspecified atom stereocenters. The van der Waals surface area contributed by atoms with Crippen molar-refractivity contribution in [3.05, 3.63) is 57.1 Å². The summed E-state index contributed by atoms with van der Waals surface area (Å²) in [4.78, 5) is 39.8. The molecule has 3 rings (SSSR count). The molecule has 8 nitrogen and oxygen atoms in total. The van der Waals surface area contributed by atoms with E-state index in [4.69, 9.17) is 4.74 Å². The van der Waals surface area contributed by atoms with Gasteiger partial charge < -0.3 is 25.2 Å². The van der Waals surface area contributed by atoms with Crippen LogP contribution in [-0.2, 0) is 16.0 Å². The van der Waals surface area contributed by atoms with Crippen LogP contribution in [0.15, 0.2) is 40.4 Å². The largest absolute Gasteiger partial charge is 0.511 e. The number of Topliss-reactive ketones (excluding diaryl/α,β-unsaturated/α-hetero) is 3. The van der Waals surface area contributed by atoms with E-state index in [2.05, 4.69) is 0 Å². The zero-order valence-electron chi connectivity index (χ0n) is 24.6. The molecule has 0 saturated heterocycles. The number of aliphatic hydroxyl groups excluding tert-OH is 2. The van der Waals surface area contributed by atoms with Crippen LogP contribution in [-0.4, -0.2) is 43.4 Å². The van der Waals surface area contributed by atoms with Crippen LogP contribution < -0.4 is 4.74 Å². The minimum atomic E-state index is -1.56. The maximum absolute atomic E-state index is 13.6. The van der Waals surface area contributed by atoms with Gasteiger partial charge in [0.15, 0.2) is 17.3 Å². The number of hydrogen-bond acceptors (Lipinski definition) is 8. The molecule has 1 heterocycles. The third kappa shape index (κ3) is 5.31. The Morgan fingerprint density at radius 1 is 1.05 bits per heavy atom. The summed E-state index contributed by atoms with van der Waals surface area (Å²) < 4.78 is 6.12. The molecule has 1 atom stereocenters. The molecule has 40 heavy (non-hydrogen) atoms. The molecular weight excluding hydrogens is 512 g/mol. The molecule has 0 saturated carbocycles. The number of ether oxygens (including phenoxy) is 1. The Balaban J connectivity index is 2.38. The van der Waals surface area contributed by atoms with Crippen LogP contribution in [0.25, 0.3) is 6.08 Å². The van der Waals surface area contributed by atoms with Crippen molar-refractivity contribution in [3.8, 4) is 17.2 Å². The number of fused-ring (bicyclic) bond motifs is 1. The summed E-state index contributed by atoms with van der Waals surface area (Å²) >= 11 is 0. The van der Waals surface area contributed by atoms with Gasteiger partial charge in [-0.05, 0) is 59.6 Å². The lowest BCUT2D eigenvalue weighted by atomic mass is 9.69. The van der Waals surface area contributed by atoms with Crippen LogP contribution in [0, 0.1) is 11.3 Å². The number of carbonyl (C=O) groups is 3. The lowest BCUT2D eigenvalue weighted by Gasteiger charge is -2.35. The SMILES string of the molecule is CCCC(=O)c1c(O)c2c(c(CC3=C(O)C(C)(CC=C(C)C)C(=O)C(C(=O)C(C)C)=C3O)c1O)OC(C)(C)C=C2. The fourth-order valence-corrected chi connectivity index (χ4v) is 4.95. The summed E-state index contributed by atoms with van der Waals surface area (Å²) in [7, 11) is 0. The second-order valence-corrected chi connectivity index (χ2v) is 11.9. The molecule has 1 aromatic rings. The monoisotopic (exact) mass is 552 g/mol. The van der Waals surface area contributed by atoms with E-state index in [0.29, 0.717) is 6.42 Å². The Bertz CT molecular complexity index is 1400. The van der Waals surface area contributed by atoms with Crippen molar-refractivity contribution >= 4 is 23.4 Å². The van der Waals surface area contributed by atoms with Crippen molar-refractivity contribution < 1.29 is 39.5 Å². The number of rotatable bonds is 9. The first-order valence-corrected chi connectivity index (χ1v) is 13.6. The Hall–Kier alpha value is -3.81. The van der Waals surface area contributed by atoms with Crippen LogP contribution >= 0.6 is 0 Å². The predicted octanol–water partition coefficient (Wildman–Crippen LogP) is 6.60. The molecule has 0 radical (unpaired) electrons. The molecule has 0 fully saturated rings. The summed E-state index contributed by atoms with van der Waals surface area (Å²) in [6, 6.07) is 0. The molecule has 4 N–H and O–H groups in total. The smallest absolute Gasteiger partial charge is 0.183 e. The van der Waals surface area contributed by atoms with E-state index in [1.165, 1.54) is 6.92 Å². The zero-order valence-corrected chi connectivity index (χ0v) is 24.6. The highest BCUT2D eigenvalue weighted by molar-refractivity contribution is 6.24. The van der Waals surface area contributed by atoms with Gasteiger partial charge >= 0.3 is 0 Å². The molecule has 1 aromatic carbocycles. The number of phenols is 2. The highest BCUT2D eigenvalue weighted by atomic mass is 16.5. The van der Waals surface area contributed by atoms with E-state index >= 15 is 0 Å². The number of benzene rings is 1. The van der Waals surface area contributed by atoms with Gasteiger partial charge in [0.05, 0.1) is 11.0 Å². The maximum atomic E-state index is 13.6. The van der Waals surface area contributed by atoms with Crippen LogP contribution in [0.3, 0.4) is 0 Å². The Labute approximate surface area is 235 Å². The van der Waals surface area contributed by atoms with Gasteiger partial charge in [0.1, 0.15) is 45.5 Å². The minimum absolute atomic E-state index is 0.0352. The summed E-state index contributed by atoms with van der Waals surface area (Å²) in [5, 5.41) is 45.2. The number of aliphatic hydroxyl groups is 2. The van der Waals surface area contributed by atoms with E-state index in [-0.39, 0.29) is 47.3 Å². The second kappa shape index (κ2) is 11.0. The molecule has 1 aliphatic heterocycles. The number of phenolic OH excluding ortho intramolecular Hbond substituents is 2. The van der Waals surface area contributed by atoms with Crippen molar-refractivity contribution in [2.45, 2.75) is 86.7 Å². The van der Waals surface area contributed by atoms with E-state index in [9.17, 15) is 34.8 Å². The Morgan fingerprint density at radius 2 is 1.68 bits per heavy atom. The standard InChI is InChI=1S/C32H40O8/c1-9-10-21(33)22-25(35)18-12-13-31(6,7)40-28(18)19(26(22)36)15-20-27(37)23(24(34)17(4)5)30(39)32(8,29(20)38)14-11-16(2)3/h11-13,17,35-38H,9-10,14-15H2,1-8H3. The Kier molecular flexibility index (Phi) is 8.44. The Morgan fingerprint density at radius 3 is 2.23 bits per heavy atom. The second-order valence-electron chi connectivity index (χ2n) is 11.9. The first-order chi connectivity index (χ1) is 18.5. The van der Waals surface area contributed by atoms with Gasteiger partial charge in [-0.3, -0.25) is 14.4 Å². The number of carbonyl (C=O) groups excluding carboxylic acids is 3. The van der Waals surface area contributed by atoms with Crippen molar-refractivity contribution in [2.75, 3.05) is 0 Å². The van der Waals surface area contributed by atoms with Crippen molar-refractivity contribution in [1.29, 1.82) is 0 Å². The summed E-state index contributed by atoms with van der Waals surface area (Å²) in [6.45, 7) is 13.7. The fraction of sp³-hybridized carbons (Fsp3) is 0.469. The van der Waals surface area contributed by atoms with Gasteiger partial charge in [-0.15, -0.1) is 0 Å². The molecule has 2 aliphatic rings. The third-order valence-corrected chi connectivity index (χ3v) is 7.41. The molecule has 216 valence electrons. The topological polar surface area (TPSA) is 141 Å². The molecule has 8 heteroatoms. The van der Waals surface area contributed by atoms with Crippen molar-refractivity contribution in [3.63, 3.8) is 0 Å². The molecular formula is C32H40O8. The van der Waals surface area contributed by atoms with Crippen LogP contribution in [0.1, 0.15) is 96.1 Å². The number of aromatic hydroxyl groups is 2. The van der Waals surface area contributed by atoms with E-state index in [1.807, 2.05) is 13.8 Å². The summed E-state index contributed by atoms with van der Waals surface area (Å²) in [5.74, 6) is -4.40. The van der Waals surface area contributed by atoms with Gasteiger partial charge in [0.2, 0.25) is 0 Å². The van der Waals surface area contributed by atoms with Crippen molar-refractivity contribution in [2.24, 2.45) is 11.3 Å². The van der Waals surface area contributed by atoms with Crippen molar-refractivity contribution in [1.82, 2.24) is 0 Å². The number of hydrogen-bond donors (Lipinski definition) is 4. The van der Waals surface area contributed by atoms with Gasteiger partial charge in [-0.1, -0.05) is 32.4 Å². The summed E-state index contributed by atoms with van der Waals surface area (Å²) in [5.41, 5.74) is -2.14. The number of ketones is 3. The highest BCUT2D eigenvalue weighted by Gasteiger charge is 2.48. The van der Waals surface area contributed by atoms with E-state index in [1.54, 1.807) is 52.8 Å². The summed E-state index contributed by atoms with van der Waals surface area (Å²) in [6.07, 6.45) is 5.30. The normalized spacial score (nSPS) is 20.0.